The van der Waals surface area contributed by atoms with E-state index >= 15 is 0 Å². The van der Waals surface area contributed by atoms with Gasteiger partial charge < -0.3 is 5.32 Å². The first-order chi connectivity index (χ1) is 12.0. The van der Waals surface area contributed by atoms with Crippen LogP contribution in [0.25, 0.3) is 11.0 Å². The fourth-order valence-corrected chi connectivity index (χ4v) is 3.24. The van der Waals surface area contributed by atoms with E-state index in [1.165, 1.54) is 5.69 Å². The molecule has 0 spiro atoms. The Morgan fingerprint density at radius 2 is 2.08 bits per heavy atom. The van der Waals surface area contributed by atoms with Gasteiger partial charge in [-0.15, -0.1) is 0 Å². The summed E-state index contributed by atoms with van der Waals surface area (Å²) >= 11 is 0. The summed E-state index contributed by atoms with van der Waals surface area (Å²) in [4.78, 5) is 16.8. The number of carbonyl (C=O) groups is 1. The minimum absolute atomic E-state index is 0.0877. The van der Waals surface area contributed by atoms with Crippen LogP contribution in [0.15, 0.2) is 24.5 Å². The highest BCUT2D eigenvalue weighted by Crippen LogP contribution is 2.46. The monoisotopic (exact) mass is 338 g/mol. The van der Waals surface area contributed by atoms with Gasteiger partial charge >= 0.3 is 0 Å². The Morgan fingerprint density at radius 3 is 2.76 bits per heavy atom. The minimum Gasteiger partial charge on any atom is -0.351 e. The Labute approximate surface area is 146 Å². The van der Waals surface area contributed by atoms with Gasteiger partial charge in [0.25, 0.3) is 5.91 Å². The molecule has 1 fully saturated rings. The molecule has 0 atom stereocenters. The van der Waals surface area contributed by atoms with Crippen molar-refractivity contribution in [2.75, 3.05) is 6.54 Å². The molecule has 7 heteroatoms. The quantitative estimate of drug-likeness (QED) is 0.772. The molecule has 4 rings (SSSR count). The molecule has 3 heterocycles. The van der Waals surface area contributed by atoms with Gasteiger partial charge in [0.2, 0.25) is 0 Å². The van der Waals surface area contributed by atoms with Crippen molar-refractivity contribution in [3.05, 3.63) is 41.5 Å². The van der Waals surface area contributed by atoms with Gasteiger partial charge in [-0.25, -0.2) is 0 Å². The number of pyridine rings is 1. The van der Waals surface area contributed by atoms with Crippen molar-refractivity contribution >= 4 is 16.9 Å². The number of aromatic nitrogens is 5. The third kappa shape index (κ3) is 3.01. The van der Waals surface area contributed by atoms with Gasteiger partial charge in [-0.2, -0.15) is 10.2 Å². The van der Waals surface area contributed by atoms with E-state index in [4.69, 9.17) is 0 Å². The molecule has 25 heavy (non-hydrogen) atoms. The summed E-state index contributed by atoms with van der Waals surface area (Å²) in [7, 11) is 1.85. The summed E-state index contributed by atoms with van der Waals surface area (Å²) in [6, 6.07) is 3.93. The summed E-state index contributed by atoms with van der Waals surface area (Å²) in [5.74, 6) is -0.0877. The van der Waals surface area contributed by atoms with Crippen molar-refractivity contribution in [1.29, 1.82) is 0 Å². The topological polar surface area (TPSA) is 77.6 Å². The zero-order valence-corrected chi connectivity index (χ0v) is 14.8. The zero-order chi connectivity index (χ0) is 17.6. The van der Waals surface area contributed by atoms with E-state index in [2.05, 4.69) is 38.2 Å². The lowest BCUT2D eigenvalue weighted by molar-refractivity contribution is 0.0942. The molecule has 1 aliphatic rings. The maximum Gasteiger partial charge on any atom is 0.252 e. The highest BCUT2D eigenvalue weighted by molar-refractivity contribution is 5.96. The molecule has 1 N–H and O–H groups in total. The largest absolute Gasteiger partial charge is 0.351 e. The van der Waals surface area contributed by atoms with Crippen molar-refractivity contribution in [3.63, 3.8) is 0 Å². The molecule has 0 bridgehead atoms. The Bertz CT molecular complexity index is 950. The number of nitrogens with zero attached hydrogens (tertiary/aromatic N) is 5. The van der Waals surface area contributed by atoms with Crippen LogP contribution in [0.1, 0.15) is 34.6 Å². The van der Waals surface area contributed by atoms with Crippen LogP contribution in [0.5, 0.6) is 0 Å². The SMILES string of the molecule is Cc1cc(C)n(CC2(CNC(=O)c3cnc4cnn(C)c4c3)CC2)n1. The summed E-state index contributed by atoms with van der Waals surface area (Å²) in [6.45, 7) is 5.59. The normalized spacial score (nSPS) is 15.5. The van der Waals surface area contributed by atoms with Crippen molar-refractivity contribution in [2.45, 2.75) is 33.2 Å². The van der Waals surface area contributed by atoms with Crippen LogP contribution in [0.3, 0.4) is 0 Å². The van der Waals surface area contributed by atoms with Gasteiger partial charge in [0.05, 0.1) is 23.0 Å². The number of rotatable bonds is 5. The smallest absolute Gasteiger partial charge is 0.252 e. The third-order valence-corrected chi connectivity index (χ3v) is 5.03. The Balaban J connectivity index is 1.44. The first kappa shape index (κ1) is 15.8. The van der Waals surface area contributed by atoms with Crippen molar-refractivity contribution in [2.24, 2.45) is 12.5 Å². The van der Waals surface area contributed by atoms with E-state index in [1.54, 1.807) is 17.1 Å². The van der Waals surface area contributed by atoms with Gasteiger partial charge in [-0.05, 0) is 38.8 Å². The maximum atomic E-state index is 12.5. The molecule has 130 valence electrons. The first-order valence-electron chi connectivity index (χ1n) is 8.53. The van der Waals surface area contributed by atoms with Gasteiger partial charge in [-0.3, -0.25) is 19.1 Å². The van der Waals surface area contributed by atoms with Gasteiger partial charge in [0.15, 0.2) is 0 Å². The second-order valence-corrected chi connectivity index (χ2v) is 7.16. The predicted octanol–water partition coefficient (Wildman–Crippen LogP) is 1.99. The van der Waals surface area contributed by atoms with Gasteiger partial charge in [-0.1, -0.05) is 0 Å². The number of aryl methyl sites for hydroxylation is 3. The number of hydrogen-bond donors (Lipinski definition) is 1. The second kappa shape index (κ2) is 5.68. The standard InChI is InChI=1S/C18H22N6O/c1-12-6-13(2)24(22-12)11-18(4-5-18)10-20-17(25)14-7-16-15(19-8-14)9-21-23(16)3/h6-9H,4-5,10-11H2,1-3H3,(H,20,25). The fraction of sp³-hybridized carbons (Fsp3) is 0.444. The molecular weight excluding hydrogens is 316 g/mol. The average Bonchev–Trinajstić information content (AvgIpc) is 3.15. The van der Waals surface area contributed by atoms with Crippen LogP contribution in [0.2, 0.25) is 0 Å². The van der Waals surface area contributed by atoms with Crippen LogP contribution in [0.4, 0.5) is 0 Å². The highest BCUT2D eigenvalue weighted by atomic mass is 16.1. The molecule has 0 unspecified atom stereocenters. The van der Waals surface area contributed by atoms with E-state index < -0.39 is 0 Å². The highest BCUT2D eigenvalue weighted by Gasteiger charge is 2.43. The predicted molar refractivity (Wildman–Crippen MR) is 94.2 cm³/mol. The summed E-state index contributed by atoms with van der Waals surface area (Å²) in [5.41, 5.74) is 4.55. The van der Waals surface area contributed by atoms with Crippen molar-refractivity contribution < 1.29 is 4.79 Å². The minimum atomic E-state index is -0.0877. The van der Waals surface area contributed by atoms with E-state index in [-0.39, 0.29) is 11.3 Å². The summed E-state index contributed by atoms with van der Waals surface area (Å²) in [5, 5.41) is 11.8. The van der Waals surface area contributed by atoms with Crippen molar-refractivity contribution in [1.82, 2.24) is 29.9 Å². The molecule has 3 aromatic heterocycles. The van der Waals surface area contributed by atoms with Crippen LogP contribution in [0, 0.1) is 19.3 Å². The van der Waals surface area contributed by atoms with Gasteiger partial charge in [0, 0.05) is 37.4 Å². The molecule has 0 aromatic carbocycles. The number of fused-ring (bicyclic) bond motifs is 1. The van der Waals surface area contributed by atoms with Crippen molar-refractivity contribution in [3.8, 4) is 0 Å². The van der Waals surface area contributed by atoms with Crippen LogP contribution >= 0.6 is 0 Å². The summed E-state index contributed by atoms with van der Waals surface area (Å²) < 4.78 is 3.78. The maximum absolute atomic E-state index is 12.5. The average molecular weight is 338 g/mol. The molecule has 3 aromatic rings. The molecule has 0 aliphatic heterocycles. The van der Waals surface area contributed by atoms with Crippen LogP contribution in [-0.4, -0.2) is 37.0 Å². The Kier molecular flexibility index (Phi) is 3.59. The molecular formula is C18H22N6O. The van der Waals surface area contributed by atoms with Crippen LogP contribution < -0.4 is 5.32 Å². The summed E-state index contributed by atoms with van der Waals surface area (Å²) in [6.07, 6.45) is 5.54. The third-order valence-electron chi connectivity index (χ3n) is 5.03. The Morgan fingerprint density at radius 1 is 1.28 bits per heavy atom. The molecule has 1 saturated carbocycles. The Hall–Kier alpha value is -2.70. The number of carbonyl (C=O) groups excluding carboxylic acids is 1. The lowest BCUT2D eigenvalue weighted by atomic mass is 10.1. The molecule has 0 saturated heterocycles. The molecule has 7 nitrogen and oxygen atoms in total. The van der Waals surface area contributed by atoms with E-state index in [9.17, 15) is 4.79 Å². The van der Waals surface area contributed by atoms with E-state index in [0.29, 0.717) is 12.1 Å². The van der Waals surface area contributed by atoms with E-state index in [1.807, 2.05) is 20.0 Å². The lowest BCUT2D eigenvalue weighted by Gasteiger charge is -2.17. The fourth-order valence-electron chi connectivity index (χ4n) is 3.24. The van der Waals surface area contributed by atoms with Gasteiger partial charge in [0.1, 0.15) is 5.52 Å². The second-order valence-electron chi connectivity index (χ2n) is 7.16. The lowest BCUT2D eigenvalue weighted by Crippen LogP contribution is -2.32. The van der Waals surface area contributed by atoms with E-state index in [0.717, 1.165) is 36.1 Å². The zero-order valence-electron chi connectivity index (χ0n) is 14.8. The number of amides is 1. The van der Waals surface area contributed by atoms with Crippen LogP contribution in [-0.2, 0) is 13.6 Å². The molecule has 1 amide bonds. The number of hydrogen-bond acceptors (Lipinski definition) is 4. The molecule has 0 radical (unpaired) electrons. The number of nitrogens with one attached hydrogen (secondary N) is 1. The molecule has 1 aliphatic carbocycles. The first-order valence-corrected chi connectivity index (χ1v) is 8.53.